The first kappa shape index (κ1) is 17.7. The lowest BCUT2D eigenvalue weighted by Gasteiger charge is -2.18. The molecule has 142 valence electrons. The molecule has 9 heteroatoms. The van der Waals surface area contributed by atoms with Gasteiger partial charge in [-0.25, -0.2) is 19.7 Å². The van der Waals surface area contributed by atoms with E-state index in [1.165, 1.54) is 4.88 Å². The molecule has 0 atom stereocenters. The number of aromatic nitrogens is 5. The summed E-state index contributed by atoms with van der Waals surface area (Å²) < 4.78 is 3.75. The molecular formula is C18H23N7OS. The van der Waals surface area contributed by atoms with Gasteiger partial charge in [0.05, 0.1) is 5.69 Å². The molecule has 8 nitrogen and oxygen atoms in total. The number of nitrogens with one attached hydrogen (secondary N) is 2. The number of aryl methyl sites for hydroxylation is 3. The predicted octanol–water partition coefficient (Wildman–Crippen LogP) is 2.75. The highest BCUT2D eigenvalue weighted by Crippen LogP contribution is 2.42. The van der Waals surface area contributed by atoms with Gasteiger partial charge in [-0.3, -0.25) is 5.32 Å². The molecule has 0 aromatic carbocycles. The van der Waals surface area contributed by atoms with Gasteiger partial charge < -0.3 is 14.5 Å². The highest BCUT2D eigenvalue weighted by molar-refractivity contribution is 7.16. The number of carbonyl (C=O) groups is 1. The Hall–Kier alpha value is -2.68. The number of carbonyl (C=O) groups excluding carboxylic acids is 1. The van der Waals surface area contributed by atoms with Crippen LogP contribution < -0.4 is 10.6 Å². The van der Waals surface area contributed by atoms with Crippen LogP contribution in [0, 0.1) is 0 Å². The fourth-order valence-corrected chi connectivity index (χ4v) is 4.60. The van der Waals surface area contributed by atoms with Gasteiger partial charge in [-0.1, -0.05) is 13.8 Å². The topological polar surface area (TPSA) is 89.7 Å². The maximum absolute atomic E-state index is 12.7. The van der Waals surface area contributed by atoms with Crippen LogP contribution in [0.1, 0.15) is 48.5 Å². The van der Waals surface area contributed by atoms with Crippen molar-refractivity contribution in [3.63, 3.8) is 0 Å². The number of rotatable bonds is 4. The summed E-state index contributed by atoms with van der Waals surface area (Å²) >= 11 is 1.56. The molecule has 0 saturated heterocycles. The largest absolute Gasteiger partial charge is 0.336 e. The van der Waals surface area contributed by atoms with E-state index in [1.807, 2.05) is 35.6 Å². The second-order valence-electron chi connectivity index (χ2n) is 7.50. The van der Waals surface area contributed by atoms with Gasteiger partial charge in [0.2, 0.25) is 0 Å². The fraction of sp³-hybridized carbons (Fsp3) is 0.444. The van der Waals surface area contributed by atoms with Crippen LogP contribution in [-0.2, 0) is 25.9 Å². The van der Waals surface area contributed by atoms with Crippen molar-refractivity contribution in [2.45, 2.75) is 38.1 Å². The lowest BCUT2D eigenvalue weighted by Crippen LogP contribution is -2.35. The third kappa shape index (κ3) is 3.23. The van der Waals surface area contributed by atoms with Crippen molar-refractivity contribution in [3.8, 4) is 0 Å². The zero-order valence-electron chi connectivity index (χ0n) is 15.9. The summed E-state index contributed by atoms with van der Waals surface area (Å²) in [6.45, 7) is 4.39. The SMILES string of the molecule is Cn1ccnc1C(NC(=O)Nc1nc2c(s1)CCC2(C)C)c1nccn1C. The van der Waals surface area contributed by atoms with E-state index >= 15 is 0 Å². The summed E-state index contributed by atoms with van der Waals surface area (Å²) in [4.78, 5) is 27.4. The number of hydrogen-bond acceptors (Lipinski definition) is 5. The number of nitrogens with zero attached hydrogens (tertiary/aromatic N) is 5. The Morgan fingerprint density at radius 1 is 1.19 bits per heavy atom. The third-order valence-corrected chi connectivity index (χ3v) is 6.08. The maximum Gasteiger partial charge on any atom is 0.321 e. The highest BCUT2D eigenvalue weighted by Gasteiger charge is 2.34. The van der Waals surface area contributed by atoms with Gasteiger partial charge >= 0.3 is 6.03 Å². The minimum atomic E-state index is -0.465. The van der Waals surface area contributed by atoms with Crippen LogP contribution in [0.15, 0.2) is 24.8 Å². The molecule has 2 N–H and O–H groups in total. The monoisotopic (exact) mass is 385 g/mol. The molecule has 27 heavy (non-hydrogen) atoms. The van der Waals surface area contributed by atoms with E-state index in [1.54, 1.807) is 23.7 Å². The van der Waals surface area contributed by atoms with Crippen molar-refractivity contribution < 1.29 is 4.79 Å². The van der Waals surface area contributed by atoms with Crippen LogP contribution >= 0.6 is 11.3 Å². The van der Waals surface area contributed by atoms with Crippen LogP contribution in [0.2, 0.25) is 0 Å². The zero-order valence-corrected chi connectivity index (χ0v) is 16.7. The number of hydrogen-bond donors (Lipinski definition) is 2. The van der Waals surface area contributed by atoms with Crippen LogP contribution in [0.5, 0.6) is 0 Å². The summed E-state index contributed by atoms with van der Waals surface area (Å²) in [6, 6.07) is -0.788. The van der Waals surface area contributed by atoms with Crippen LogP contribution in [0.25, 0.3) is 0 Å². The van der Waals surface area contributed by atoms with Crippen molar-refractivity contribution in [1.82, 2.24) is 29.4 Å². The Morgan fingerprint density at radius 2 is 1.81 bits per heavy atom. The minimum absolute atomic E-state index is 0.0741. The second-order valence-corrected chi connectivity index (χ2v) is 8.58. The number of urea groups is 1. The fourth-order valence-electron chi connectivity index (χ4n) is 3.47. The van der Waals surface area contributed by atoms with E-state index in [4.69, 9.17) is 0 Å². The number of thiazole rings is 1. The molecule has 1 aliphatic rings. The van der Waals surface area contributed by atoms with Gasteiger partial charge in [0.15, 0.2) is 5.13 Å². The molecule has 2 amide bonds. The summed E-state index contributed by atoms with van der Waals surface area (Å²) in [5.74, 6) is 1.42. The van der Waals surface area contributed by atoms with Gasteiger partial charge in [0.1, 0.15) is 17.7 Å². The quantitative estimate of drug-likeness (QED) is 0.723. The summed E-state index contributed by atoms with van der Waals surface area (Å²) in [5.41, 5.74) is 1.18. The molecule has 0 spiro atoms. The van der Waals surface area contributed by atoms with Crippen LogP contribution in [-0.4, -0.2) is 30.1 Å². The lowest BCUT2D eigenvalue weighted by atomic mass is 9.91. The molecule has 1 aliphatic carbocycles. The molecule has 0 aliphatic heterocycles. The van der Waals surface area contributed by atoms with E-state index in [-0.39, 0.29) is 11.4 Å². The van der Waals surface area contributed by atoms with Crippen LogP contribution in [0.4, 0.5) is 9.93 Å². The summed E-state index contributed by atoms with van der Waals surface area (Å²) in [7, 11) is 3.79. The molecule has 0 radical (unpaired) electrons. The standard InChI is InChI=1S/C18H23N7OS/c1-18(2)6-5-11-13(18)22-17(27-11)23-16(26)21-12(14-19-7-9-24(14)3)15-20-8-10-25(15)4/h7-10,12H,5-6H2,1-4H3,(H2,21,22,23,26). The molecular weight excluding hydrogens is 362 g/mol. The van der Waals surface area contributed by atoms with Gasteiger partial charge in [0, 0.05) is 49.2 Å². The number of fused-ring (bicyclic) bond motifs is 1. The number of anilines is 1. The average Bonchev–Trinajstić information content (AvgIpc) is 3.35. The van der Waals surface area contributed by atoms with E-state index in [0.717, 1.165) is 18.5 Å². The maximum atomic E-state index is 12.7. The van der Waals surface area contributed by atoms with Crippen molar-refractivity contribution in [3.05, 3.63) is 47.0 Å². The Kier molecular flexibility index (Phi) is 4.26. The number of amides is 2. The Labute approximate surface area is 161 Å². The van der Waals surface area contributed by atoms with E-state index < -0.39 is 6.04 Å². The predicted molar refractivity (Wildman–Crippen MR) is 104 cm³/mol. The normalized spacial score (nSPS) is 15.1. The first-order valence-corrected chi connectivity index (χ1v) is 9.69. The van der Waals surface area contributed by atoms with Gasteiger partial charge in [-0.05, 0) is 12.8 Å². The van der Waals surface area contributed by atoms with E-state index in [0.29, 0.717) is 16.8 Å². The Bertz CT molecular complexity index is 943. The minimum Gasteiger partial charge on any atom is -0.336 e. The smallest absolute Gasteiger partial charge is 0.321 e. The first-order valence-electron chi connectivity index (χ1n) is 8.87. The molecule has 3 aromatic rings. The van der Waals surface area contributed by atoms with E-state index in [2.05, 4.69) is 39.4 Å². The molecule has 0 saturated carbocycles. The molecule has 4 rings (SSSR count). The van der Waals surface area contributed by atoms with Crippen molar-refractivity contribution in [1.29, 1.82) is 0 Å². The molecule has 3 aromatic heterocycles. The Morgan fingerprint density at radius 3 is 2.33 bits per heavy atom. The molecule has 0 unspecified atom stereocenters. The molecule has 3 heterocycles. The van der Waals surface area contributed by atoms with Gasteiger partial charge in [-0.15, -0.1) is 11.3 Å². The second kappa shape index (κ2) is 6.49. The summed E-state index contributed by atoms with van der Waals surface area (Å²) in [5, 5.41) is 6.50. The first-order chi connectivity index (χ1) is 12.8. The summed E-state index contributed by atoms with van der Waals surface area (Å²) in [6.07, 6.45) is 9.23. The van der Waals surface area contributed by atoms with Crippen molar-refractivity contribution in [2.75, 3.05) is 5.32 Å². The Balaban J connectivity index is 1.55. The van der Waals surface area contributed by atoms with Gasteiger partial charge in [0.25, 0.3) is 0 Å². The lowest BCUT2D eigenvalue weighted by molar-refractivity contribution is 0.249. The molecule has 0 fully saturated rings. The average molecular weight is 385 g/mol. The highest BCUT2D eigenvalue weighted by atomic mass is 32.1. The van der Waals surface area contributed by atoms with Crippen LogP contribution in [0.3, 0.4) is 0 Å². The number of imidazole rings is 2. The van der Waals surface area contributed by atoms with Crippen molar-refractivity contribution in [2.24, 2.45) is 14.1 Å². The third-order valence-electron chi connectivity index (χ3n) is 5.04. The molecule has 0 bridgehead atoms. The zero-order chi connectivity index (χ0) is 19.2. The van der Waals surface area contributed by atoms with E-state index in [9.17, 15) is 4.79 Å². The van der Waals surface area contributed by atoms with Gasteiger partial charge in [-0.2, -0.15) is 0 Å². The van der Waals surface area contributed by atoms with Crippen molar-refractivity contribution >= 4 is 22.5 Å².